The van der Waals surface area contributed by atoms with Gasteiger partial charge in [0.1, 0.15) is 5.75 Å². The van der Waals surface area contributed by atoms with Crippen LogP contribution < -0.4 is 10.1 Å². The van der Waals surface area contributed by atoms with Gasteiger partial charge in [-0.3, -0.25) is 0 Å². The number of aliphatic hydroxyl groups excluding tert-OH is 1. The normalized spacial score (nSPS) is 18.0. The second kappa shape index (κ2) is 8.02. The Kier molecular flexibility index (Phi) is 5.77. The molecule has 3 nitrogen and oxygen atoms in total. The molecule has 3 rings (SSSR count). The van der Waals surface area contributed by atoms with Gasteiger partial charge in [-0.25, -0.2) is 0 Å². The van der Waals surface area contributed by atoms with Crippen LogP contribution in [-0.4, -0.2) is 24.3 Å². The Bertz CT molecular complexity index is 689. The van der Waals surface area contributed by atoms with Crippen molar-refractivity contribution in [1.82, 2.24) is 5.32 Å². The lowest BCUT2D eigenvalue weighted by Crippen LogP contribution is -2.37. The molecule has 0 aliphatic heterocycles. The van der Waals surface area contributed by atoms with E-state index in [9.17, 15) is 5.11 Å². The molecular formula is C20H24ClNO2. The third-order valence-corrected chi connectivity index (χ3v) is 4.79. The molecule has 0 unspecified atom stereocenters. The minimum absolute atomic E-state index is 0.378. The maximum absolute atomic E-state index is 10.3. The van der Waals surface area contributed by atoms with Crippen molar-refractivity contribution in [2.75, 3.05) is 13.2 Å². The van der Waals surface area contributed by atoms with E-state index in [1.165, 1.54) is 11.1 Å². The summed E-state index contributed by atoms with van der Waals surface area (Å²) in [6.45, 7) is 3.22. The van der Waals surface area contributed by atoms with Crippen molar-refractivity contribution in [3.05, 3.63) is 64.2 Å². The van der Waals surface area contributed by atoms with E-state index in [1.807, 2.05) is 31.2 Å². The van der Waals surface area contributed by atoms with Gasteiger partial charge in [0, 0.05) is 17.6 Å². The van der Waals surface area contributed by atoms with E-state index < -0.39 is 6.10 Å². The summed E-state index contributed by atoms with van der Waals surface area (Å²) in [5.74, 6) is 0.941. The first-order valence-electron chi connectivity index (χ1n) is 8.57. The minimum Gasteiger partial charge on any atom is -0.494 e. The molecule has 0 bridgehead atoms. The molecule has 0 aromatic heterocycles. The molecule has 2 aromatic carbocycles. The number of halogens is 1. The zero-order valence-electron chi connectivity index (χ0n) is 14.0. The van der Waals surface area contributed by atoms with E-state index in [2.05, 4.69) is 23.5 Å². The predicted octanol–water partition coefficient (Wildman–Crippen LogP) is 3.92. The van der Waals surface area contributed by atoms with Gasteiger partial charge >= 0.3 is 0 Å². The smallest absolute Gasteiger partial charge is 0.119 e. The number of hydrogen-bond acceptors (Lipinski definition) is 3. The Morgan fingerprint density at radius 3 is 2.92 bits per heavy atom. The van der Waals surface area contributed by atoms with Crippen LogP contribution in [0.4, 0.5) is 0 Å². The Morgan fingerprint density at radius 2 is 2.12 bits per heavy atom. The van der Waals surface area contributed by atoms with E-state index in [4.69, 9.17) is 16.3 Å². The highest BCUT2D eigenvalue weighted by Crippen LogP contribution is 2.26. The molecule has 128 valence electrons. The minimum atomic E-state index is -0.542. The summed E-state index contributed by atoms with van der Waals surface area (Å²) in [5.41, 5.74) is 3.61. The van der Waals surface area contributed by atoms with Crippen molar-refractivity contribution >= 4 is 11.6 Å². The van der Waals surface area contributed by atoms with Crippen LogP contribution in [0.15, 0.2) is 42.5 Å². The highest BCUT2D eigenvalue weighted by atomic mass is 35.5. The summed E-state index contributed by atoms with van der Waals surface area (Å²) in [6, 6.07) is 14.2. The topological polar surface area (TPSA) is 41.5 Å². The molecule has 0 radical (unpaired) electrons. The number of benzene rings is 2. The van der Waals surface area contributed by atoms with Gasteiger partial charge in [-0.1, -0.05) is 29.8 Å². The molecule has 1 aliphatic rings. The number of fused-ring (bicyclic) bond motifs is 1. The number of nitrogens with one attached hydrogen (secondary N) is 1. The van der Waals surface area contributed by atoms with Gasteiger partial charge < -0.3 is 15.2 Å². The highest BCUT2D eigenvalue weighted by molar-refractivity contribution is 6.30. The Morgan fingerprint density at radius 1 is 1.25 bits per heavy atom. The fraction of sp³-hybridized carbons (Fsp3) is 0.400. The van der Waals surface area contributed by atoms with Crippen molar-refractivity contribution in [3.8, 4) is 5.75 Å². The molecule has 24 heavy (non-hydrogen) atoms. The van der Waals surface area contributed by atoms with Crippen molar-refractivity contribution < 1.29 is 9.84 Å². The zero-order chi connectivity index (χ0) is 16.9. The summed E-state index contributed by atoms with van der Waals surface area (Å²) in [5, 5.41) is 14.5. The van der Waals surface area contributed by atoms with E-state index >= 15 is 0 Å². The lowest BCUT2D eigenvalue weighted by molar-refractivity contribution is 0.168. The largest absolute Gasteiger partial charge is 0.494 e. The Labute approximate surface area is 148 Å². The first-order chi connectivity index (χ1) is 11.7. The van der Waals surface area contributed by atoms with Crippen LogP contribution in [0.2, 0.25) is 5.02 Å². The SMILES string of the molecule is CCOc1ccc2c(c1)C[C@@H](NC[C@H](O)c1cccc(Cl)c1)CC2. The summed E-state index contributed by atoms with van der Waals surface area (Å²) >= 11 is 5.99. The van der Waals surface area contributed by atoms with Gasteiger partial charge in [0.2, 0.25) is 0 Å². The van der Waals surface area contributed by atoms with E-state index in [-0.39, 0.29) is 0 Å². The maximum atomic E-state index is 10.3. The van der Waals surface area contributed by atoms with Crippen molar-refractivity contribution in [3.63, 3.8) is 0 Å². The molecular weight excluding hydrogens is 322 g/mol. The number of aliphatic hydroxyl groups is 1. The molecule has 0 heterocycles. The van der Waals surface area contributed by atoms with Crippen molar-refractivity contribution in [1.29, 1.82) is 0 Å². The standard InChI is InChI=1S/C20H24ClNO2/c1-2-24-19-9-7-14-6-8-18(11-16(14)12-19)22-13-20(23)15-4-3-5-17(21)10-15/h3-5,7,9-10,12,18,20,22-23H,2,6,8,11,13H2,1H3/t18-,20-/m0/s1. The van der Waals surface area contributed by atoms with Crippen LogP contribution >= 0.6 is 11.6 Å². The average Bonchev–Trinajstić information content (AvgIpc) is 2.59. The monoisotopic (exact) mass is 345 g/mol. The summed E-state index contributed by atoms with van der Waals surface area (Å²) < 4.78 is 5.60. The summed E-state index contributed by atoms with van der Waals surface area (Å²) in [7, 11) is 0. The number of aryl methyl sites for hydroxylation is 1. The molecule has 0 saturated heterocycles. The highest BCUT2D eigenvalue weighted by Gasteiger charge is 2.20. The first-order valence-corrected chi connectivity index (χ1v) is 8.95. The van der Waals surface area contributed by atoms with Crippen molar-refractivity contribution in [2.45, 2.75) is 38.3 Å². The average molecular weight is 346 g/mol. The van der Waals surface area contributed by atoms with Gasteiger partial charge in [-0.15, -0.1) is 0 Å². The van der Waals surface area contributed by atoms with Crippen LogP contribution in [0.1, 0.15) is 36.1 Å². The second-order valence-corrected chi connectivity index (χ2v) is 6.72. The quantitative estimate of drug-likeness (QED) is 0.833. The molecule has 2 aromatic rings. The van der Waals surface area contributed by atoms with Crippen molar-refractivity contribution in [2.24, 2.45) is 0 Å². The lowest BCUT2D eigenvalue weighted by atomic mass is 9.88. The molecule has 0 fully saturated rings. The molecule has 0 spiro atoms. The van der Waals surface area contributed by atoms with E-state index in [0.717, 1.165) is 30.6 Å². The fourth-order valence-electron chi connectivity index (χ4n) is 3.27. The maximum Gasteiger partial charge on any atom is 0.119 e. The van der Waals surface area contributed by atoms with Crippen LogP contribution in [0.3, 0.4) is 0 Å². The van der Waals surface area contributed by atoms with Gasteiger partial charge in [-0.2, -0.15) is 0 Å². The molecule has 4 heteroatoms. The van der Waals surface area contributed by atoms with Crippen LogP contribution in [-0.2, 0) is 12.8 Å². The van der Waals surface area contributed by atoms with Crippen LogP contribution in [0, 0.1) is 0 Å². The summed E-state index contributed by atoms with van der Waals surface area (Å²) in [4.78, 5) is 0. The zero-order valence-corrected chi connectivity index (χ0v) is 14.7. The predicted molar refractivity (Wildman–Crippen MR) is 97.8 cm³/mol. The van der Waals surface area contributed by atoms with Gasteiger partial charge in [0.25, 0.3) is 0 Å². The Hall–Kier alpha value is -1.55. The second-order valence-electron chi connectivity index (χ2n) is 6.28. The van der Waals surface area contributed by atoms with Gasteiger partial charge in [0.15, 0.2) is 0 Å². The number of rotatable bonds is 6. The number of ether oxygens (including phenoxy) is 1. The Balaban J connectivity index is 1.58. The lowest BCUT2D eigenvalue weighted by Gasteiger charge is -2.27. The van der Waals surface area contributed by atoms with Gasteiger partial charge in [0.05, 0.1) is 12.7 Å². The van der Waals surface area contributed by atoms with E-state index in [1.54, 1.807) is 0 Å². The third kappa shape index (κ3) is 4.29. The molecule has 0 saturated carbocycles. The number of hydrogen-bond donors (Lipinski definition) is 2. The fourth-order valence-corrected chi connectivity index (χ4v) is 3.47. The summed E-state index contributed by atoms with van der Waals surface area (Å²) in [6.07, 6.45) is 2.58. The molecule has 1 aliphatic carbocycles. The molecule has 2 N–H and O–H groups in total. The van der Waals surface area contributed by atoms with Crippen LogP contribution in [0.25, 0.3) is 0 Å². The van der Waals surface area contributed by atoms with Gasteiger partial charge in [-0.05, 0) is 67.1 Å². The third-order valence-electron chi connectivity index (χ3n) is 4.55. The molecule has 0 amide bonds. The van der Waals surface area contributed by atoms with E-state index in [0.29, 0.717) is 24.2 Å². The van der Waals surface area contributed by atoms with Crippen LogP contribution in [0.5, 0.6) is 5.75 Å². The first kappa shape index (κ1) is 17.3. The molecule has 2 atom stereocenters.